The summed E-state index contributed by atoms with van der Waals surface area (Å²) in [4.78, 5) is 0. The van der Waals surface area contributed by atoms with Gasteiger partial charge in [0.05, 0.1) is 0 Å². The summed E-state index contributed by atoms with van der Waals surface area (Å²) >= 11 is 0. The summed E-state index contributed by atoms with van der Waals surface area (Å²) < 4.78 is 0. The van der Waals surface area contributed by atoms with Crippen LogP contribution in [-0.2, 0) is 0 Å². The fourth-order valence-electron chi connectivity index (χ4n) is 3.08. The molecule has 112 valence electrons. The van der Waals surface area contributed by atoms with Crippen LogP contribution in [-0.4, -0.2) is 6.71 Å². The molecule has 1 rings (SSSR count). The third-order valence-corrected chi connectivity index (χ3v) is 4.12. The first kappa shape index (κ1) is 17.6. The molecule has 0 aliphatic carbocycles. The Balaban J connectivity index is 3.29. The third-order valence-electron chi connectivity index (χ3n) is 4.12. The molecule has 0 aliphatic heterocycles. The third kappa shape index (κ3) is 5.08. The Kier molecular flexibility index (Phi) is 7.89. The molecule has 1 aromatic carbocycles. The monoisotopic (exact) mass is 280 g/mol. The van der Waals surface area contributed by atoms with Crippen molar-refractivity contribution in [3.63, 3.8) is 0 Å². The highest BCUT2D eigenvalue weighted by molar-refractivity contribution is 6.61. The van der Waals surface area contributed by atoms with Crippen molar-refractivity contribution in [1.29, 1.82) is 0 Å². The summed E-state index contributed by atoms with van der Waals surface area (Å²) in [5.41, 5.74) is 4.12. The summed E-state index contributed by atoms with van der Waals surface area (Å²) in [6.45, 7) is 13.4. The van der Waals surface area contributed by atoms with E-state index in [1.165, 1.54) is 35.8 Å². The quantitative estimate of drug-likeness (QED) is 0.391. The number of allylic oxidation sites excluding steroid dienone is 5. The number of hydrogen-bond donors (Lipinski definition) is 0. The van der Waals surface area contributed by atoms with Gasteiger partial charge in [-0.1, -0.05) is 93.6 Å². The van der Waals surface area contributed by atoms with E-state index in [9.17, 15) is 0 Å². The maximum atomic E-state index is 3.89. The van der Waals surface area contributed by atoms with Gasteiger partial charge in [-0.05, 0) is 30.8 Å². The van der Waals surface area contributed by atoms with E-state index in [-0.39, 0.29) is 0 Å². The first-order valence-electron chi connectivity index (χ1n) is 8.19. The molecule has 1 heteroatoms. The van der Waals surface area contributed by atoms with E-state index in [1.807, 2.05) is 6.08 Å². The van der Waals surface area contributed by atoms with Gasteiger partial charge in [0.1, 0.15) is 0 Å². The molecule has 0 amide bonds. The van der Waals surface area contributed by atoms with Crippen molar-refractivity contribution in [2.24, 2.45) is 0 Å². The van der Waals surface area contributed by atoms with Crippen molar-refractivity contribution in [2.75, 3.05) is 0 Å². The molecule has 0 nitrogen and oxygen atoms in total. The molecule has 0 fully saturated rings. The van der Waals surface area contributed by atoms with Crippen LogP contribution in [0, 0.1) is 6.92 Å². The van der Waals surface area contributed by atoms with E-state index in [0.29, 0.717) is 12.5 Å². The number of hydrogen-bond acceptors (Lipinski definition) is 0. The predicted octanol–water partition coefficient (Wildman–Crippen LogP) is 6.23. The maximum absolute atomic E-state index is 3.89. The number of benzene rings is 1. The Morgan fingerprint density at radius 2 is 1.90 bits per heavy atom. The van der Waals surface area contributed by atoms with E-state index in [2.05, 4.69) is 76.8 Å². The zero-order valence-corrected chi connectivity index (χ0v) is 14.1. The molecule has 1 unspecified atom stereocenters. The minimum absolute atomic E-state index is 0.463. The zero-order valence-electron chi connectivity index (χ0n) is 14.1. The molecule has 0 radical (unpaired) electrons. The van der Waals surface area contributed by atoms with Crippen LogP contribution in [0.4, 0.5) is 0 Å². The van der Waals surface area contributed by atoms with Gasteiger partial charge in [-0.25, -0.2) is 0 Å². The second-order valence-corrected chi connectivity index (χ2v) is 5.75. The van der Waals surface area contributed by atoms with Crippen molar-refractivity contribution in [3.05, 3.63) is 71.8 Å². The second kappa shape index (κ2) is 9.44. The maximum Gasteiger partial charge on any atom is 0.153 e. The minimum Gasteiger partial charge on any atom is -0.0991 e. The SMILES string of the molecule is C=C/C=C(\C=C/C)C(B(CC)CCC)c1ccc(C)cc1. The van der Waals surface area contributed by atoms with E-state index in [1.54, 1.807) is 0 Å². The molecule has 0 heterocycles. The molecule has 0 bridgehead atoms. The van der Waals surface area contributed by atoms with Gasteiger partial charge in [0.15, 0.2) is 6.71 Å². The lowest BCUT2D eigenvalue weighted by Crippen LogP contribution is -2.24. The van der Waals surface area contributed by atoms with Crippen LogP contribution >= 0.6 is 0 Å². The summed E-state index contributed by atoms with van der Waals surface area (Å²) in [6, 6.07) is 9.03. The largest absolute Gasteiger partial charge is 0.153 e. The van der Waals surface area contributed by atoms with Crippen molar-refractivity contribution >= 4 is 6.71 Å². The van der Waals surface area contributed by atoms with Crippen LogP contribution < -0.4 is 0 Å². The van der Waals surface area contributed by atoms with Gasteiger partial charge in [-0.3, -0.25) is 0 Å². The first-order valence-corrected chi connectivity index (χ1v) is 8.19. The van der Waals surface area contributed by atoms with E-state index < -0.39 is 0 Å². The van der Waals surface area contributed by atoms with E-state index in [0.717, 1.165) is 0 Å². The average Bonchev–Trinajstić information content (AvgIpc) is 2.49. The van der Waals surface area contributed by atoms with Crippen LogP contribution in [0.2, 0.25) is 12.6 Å². The smallest absolute Gasteiger partial charge is 0.0991 e. The van der Waals surface area contributed by atoms with E-state index in [4.69, 9.17) is 0 Å². The summed E-state index contributed by atoms with van der Waals surface area (Å²) in [5, 5.41) is 0. The Labute approximate surface area is 131 Å². The second-order valence-electron chi connectivity index (χ2n) is 5.75. The fourth-order valence-corrected chi connectivity index (χ4v) is 3.08. The van der Waals surface area contributed by atoms with Crippen molar-refractivity contribution in [2.45, 2.75) is 52.6 Å². The van der Waals surface area contributed by atoms with Crippen LogP contribution in [0.1, 0.15) is 44.1 Å². The predicted molar refractivity (Wildman–Crippen MR) is 98.3 cm³/mol. The molecular formula is C20H29B. The van der Waals surface area contributed by atoms with Crippen molar-refractivity contribution < 1.29 is 0 Å². The molecule has 1 aromatic rings. The lowest BCUT2D eigenvalue weighted by molar-refractivity contribution is 0.988. The van der Waals surface area contributed by atoms with Gasteiger partial charge < -0.3 is 0 Å². The van der Waals surface area contributed by atoms with Crippen molar-refractivity contribution in [3.8, 4) is 0 Å². The van der Waals surface area contributed by atoms with Crippen molar-refractivity contribution in [1.82, 2.24) is 0 Å². The molecule has 0 saturated carbocycles. The lowest BCUT2D eigenvalue weighted by atomic mass is 9.34. The topological polar surface area (TPSA) is 0 Å². The normalized spacial score (nSPS) is 13.4. The highest BCUT2D eigenvalue weighted by atomic mass is 14.1. The van der Waals surface area contributed by atoms with Gasteiger partial charge in [-0.15, -0.1) is 0 Å². The first-order chi connectivity index (χ1) is 10.2. The molecule has 1 atom stereocenters. The van der Waals surface area contributed by atoms with Crippen LogP contribution in [0.5, 0.6) is 0 Å². The highest BCUT2D eigenvalue weighted by Gasteiger charge is 2.26. The number of aryl methyl sites for hydroxylation is 1. The molecule has 0 aliphatic rings. The molecular weight excluding hydrogens is 251 g/mol. The highest BCUT2D eigenvalue weighted by Crippen LogP contribution is 2.32. The van der Waals surface area contributed by atoms with Gasteiger partial charge in [0.2, 0.25) is 0 Å². The fraction of sp³-hybridized carbons (Fsp3) is 0.400. The van der Waals surface area contributed by atoms with Crippen LogP contribution in [0.3, 0.4) is 0 Å². The van der Waals surface area contributed by atoms with Crippen LogP contribution in [0.25, 0.3) is 0 Å². The molecule has 0 aromatic heterocycles. The van der Waals surface area contributed by atoms with Gasteiger partial charge in [0, 0.05) is 0 Å². The molecule has 0 saturated heterocycles. The zero-order chi connectivity index (χ0) is 15.7. The van der Waals surface area contributed by atoms with Gasteiger partial charge in [0.25, 0.3) is 0 Å². The Hall–Kier alpha value is -1.50. The van der Waals surface area contributed by atoms with Gasteiger partial charge >= 0.3 is 0 Å². The molecule has 21 heavy (non-hydrogen) atoms. The summed E-state index contributed by atoms with van der Waals surface area (Å²) in [7, 11) is 0. The Morgan fingerprint density at radius 3 is 2.38 bits per heavy atom. The van der Waals surface area contributed by atoms with Crippen LogP contribution in [0.15, 0.2) is 60.7 Å². The standard InChI is InChI=1S/C20H29B/c1-6-10-18(11-7-2)20(21(9-4)16-8-3)19-14-12-17(5)13-15-19/h6-7,10-15,20H,1,8-9,16H2,2-5H3/b11-7-,18-10+. The minimum atomic E-state index is 0.463. The Bertz CT molecular complexity index is 479. The van der Waals surface area contributed by atoms with E-state index >= 15 is 0 Å². The summed E-state index contributed by atoms with van der Waals surface area (Å²) in [6.07, 6.45) is 12.2. The molecule has 0 N–H and O–H groups in total. The Morgan fingerprint density at radius 1 is 1.24 bits per heavy atom. The summed E-state index contributed by atoms with van der Waals surface area (Å²) in [5.74, 6) is 0.463. The molecule has 0 spiro atoms. The number of rotatable bonds is 8. The average molecular weight is 280 g/mol. The van der Waals surface area contributed by atoms with Gasteiger partial charge in [-0.2, -0.15) is 0 Å². The lowest BCUT2D eigenvalue weighted by Gasteiger charge is -2.26.